The number of amides is 2. The van der Waals surface area contributed by atoms with Crippen molar-refractivity contribution >= 4 is 23.2 Å². The molecule has 7 nitrogen and oxygen atoms in total. The highest BCUT2D eigenvalue weighted by atomic mass is 16.5. The van der Waals surface area contributed by atoms with E-state index in [0.29, 0.717) is 34.3 Å². The molecule has 0 aliphatic rings. The maximum atomic E-state index is 13.5. The number of carbonyl (C=O) groups excluding carboxylic acids is 2. The van der Waals surface area contributed by atoms with Gasteiger partial charge in [-0.05, 0) is 60.7 Å². The minimum atomic E-state index is -0.313. The van der Waals surface area contributed by atoms with E-state index in [2.05, 4.69) is 10.3 Å². The van der Waals surface area contributed by atoms with Crippen LogP contribution in [0.5, 0.6) is 5.75 Å². The van der Waals surface area contributed by atoms with E-state index in [1.165, 1.54) is 11.8 Å². The molecule has 2 amide bonds. The van der Waals surface area contributed by atoms with Crippen molar-refractivity contribution in [2.24, 2.45) is 0 Å². The van der Waals surface area contributed by atoms with Gasteiger partial charge in [-0.2, -0.15) is 0 Å². The Hall–Kier alpha value is -4.39. The fraction of sp³-hybridized carbons (Fsp3) is 0.115. The first-order valence-electron chi connectivity index (χ1n) is 10.3. The highest BCUT2D eigenvalue weighted by molar-refractivity contribution is 6.08. The first kappa shape index (κ1) is 21.8. The summed E-state index contributed by atoms with van der Waals surface area (Å²) in [7, 11) is 3.28. The molecule has 33 heavy (non-hydrogen) atoms. The molecular weight excluding hydrogens is 418 g/mol. The fourth-order valence-corrected chi connectivity index (χ4v) is 3.36. The van der Waals surface area contributed by atoms with Crippen molar-refractivity contribution < 1.29 is 18.7 Å². The van der Waals surface area contributed by atoms with Gasteiger partial charge in [0.05, 0.1) is 7.11 Å². The van der Waals surface area contributed by atoms with Crippen LogP contribution in [0.15, 0.2) is 83.3 Å². The second-order valence-electron chi connectivity index (χ2n) is 7.38. The molecule has 0 saturated carbocycles. The molecule has 0 fully saturated rings. The number of carbonyl (C=O) groups is 2. The quantitative estimate of drug-likeness (QED) is 0.442. The van der Waals surface area contributed by atoms with Gasteiger partial charge in [0.2, 0.25) is 11.8 Å². The molecule has 0 atom stereocenters. The zero-order valence-electron chi connectivity index (χ0n) is 18.5. The lowest BCUT2D eigenvalue weighted by Gasteiger charge is -2.17. The predicted octanol–water partition coefficient (Wildman–Crippen LogP) is 5.25. The number of benzene rings is 3. The van der Waals surface area contributed by atoms with Crippen LogP contribution in [-0.2, 0) is 4.79 Å². The molecule has 0 radical (unpaired) electrons. The molecule has 4 aromatic rings. The van der Waals surface area contributed by atoms with Crippen LogP contribution >= 0.6 is 0 Å². The van der Waals surface area contributed by atoms with Crippen LogP contribution in [0.2, 0.25) is 0 Å². The van der Waals surface area contributed by atoms with Crippen molar-refractivity contribution in [2.75, 3.05) is 24.4 Å². The monoisotopic (exact) mass is 441 g/mol. The average molecular weight is 441 g/mol. The summed E-state index contributed by atoms with van der Waals surface area (Å²) in [5.41, 5.74) is 2.97. The molecule has 1 N–H and O–H groups in total. The Labute approximate surface area is 191 Å². The first-order chi connectivity index (χ1) is 16.0. The molecule has 0 bridgehead atoms. The Kier molecular flexibility index (Phi) is 6.22. The smallest absolute Gasteiger partial charge is 0.280 e. The Balaban J connectivity index is 1.74. The van der Waals surface area contributed by atoms with Crippen LogP contribution < -0.4 is 15.0 Å². The molecule has 0 aliphatic carbocycles. The van der Waals surface area contributed by atoms with Gasteiger partial charge in [-0.15, -0.1) is 0 Å². The summed E-state index contributed by atoms with van der Waals surface area (Å²) in [5, 5.41) is 2.73. The van der Waals surface area contributed by atoms with Gasteiger partial charge in [-0.1, -0.05) is 18.2 Å². The molecule has 3 aromatic carbocycles. The number of hydrogen-bond donors (Lipinski definition) is 1. The second-order valence-corrected chi connectivity index (χ2v) is 7.38. The number of nitrogens with zero attached hydrogens (tertiary/aromatic N) is 2. The molecule has 4 rings (SSSR count). The lowest BCUT2D eigenvalue weighted by Crippen LogP contribution is -2.27. The van der Waals surface area contributed by atoms with E-state index in [9.17, 15) is 9.59 Å². The van der Waals surface area contributed by atoms with Crippen molar-refractivity contribution in [3.8, 4) is 28.5 Å². The number of methoxy groups -OCH3 is 1. The van der Waals surface area contributed by atoms with Gasteiger partial charge >= 0.3 is 0 Å². The molecule has 7 heteroatoms. The number of rotatable bonds is 6. The molecular formula is C26H23N3O4. The number of nitrogens with one attached hydrogen (secondary N) is 1. The molecule has 166 valence electrons. The summed E-state index contributed by atoms with van der Waals surface area (Å²) in [4.78, 5) is 30.9. The Morgan fingerprint density at radius 2 is 1.58 bits per heavy atom. The highest BCUT2D eigenvalue weighted by Crippen LogP contribution is 2.32. The molecule has 0 spiro atoms. The van der Waals surface area contributed by atoms with Gasteiger partial charge in [-0.25, -0.2) is 4.98 Å². The van der Waals surface area contributed by atoms with E-state index >= 15 is 0 Å². The fourth-order valence-electron chi connectivity index (χ4n) is 3.36. The third-order valence-electron chi connectivity index (χ3n) is 5.08. The minimum absolute atomic E-state index is 0.161. The maximum absolute atomic E-state index is 13.5. The van der Waals surface area contributed by atoms with E-state index < -0.39 is 0 Å². The van der Waals surface area contributed by atoms with Crippen molar-refractivity contribution in [2.45, 2.75) is 6.92 Å². The molecule has 0 aliphatic heterocycles. The van der Waals surface area contributed by atoms with Crippen molar-refractivity contribution in [3.63, 3.8) is 0 Å². The van der Waals surface area contributed by atoms with Gasteiger partial charge in [0.15, 0.2) is 11.5 Å². The van der Waals surface area contributed by atoms with Gasteiger partial charge < -0.3 is 19.4 Å². The van der Waals surface area contributed by atoms with Gasteiger partial charge in [-0.3, -0.25) is 9.59 Å². The molecule has 0 saturated heterocycles. The number of aromatic nitrogens is 1. The van der Waals surface area contributed by atoms with E-state index in [4.69, 9.17) is 9.15 Å². The topological polar surface area (TPSA) is 84.7 Å². The zero-order chi connectivity index (χ0) is 23.4. The van der Waals surface area contributed by atoms with E-state index in [-0.39, 0.29) is 17.5 Å². The highest BCUT2D eigenvalue weighted by Gasteiger charge is 2.25. The van der Waals surface area contributed by atoms with E-state index in [1.54, 1.807) is 62.7 Å². The number of anilines is 2. The summed E-state index contributed by atoms with van der Waals surface area (Å²) >= 11 is 0. The maximum Gasteiger partial charge on any atom is 0.280 e. The Morgan fingerprint density at radius 1 is 0.909 bits per heavy atom. The van der Waals surface area contributed by atoms with E-state index in [0.717, 1.165) is 5.56 Å². The van der Waals surface area contributed by atoms with Gasteiger partial charge in [0, 0.05) is 36.5 Å². The third-order valence-corrected chi connectivity index (χ3v) is 5.08. The van der Waals surface area contributed by atoms with Crippen LogP contribution in [0.4, 0.5) is 11.4 Å². The van der Waals surface area contributed by atoms with Crippen LogP contribution in [0, 0.1) is 0 Å². The largest absolute Gasteiger partial charge is 0.497 e. The van der Waals surface area contributed by atoms with Crippen LogP contribution in [0.25, 0.3) is 22.8 Å². The SMILES string of the molecule is COc1ccc(N(C)C(=O)c2nc(-c3ccccc3)oc2-c2ccc(NC(C)=O)cc2)cc1. The summed E-state index contributed by atoms with van der Waals surface area (Å²) in [6.07, 6.45) is 0. The summed E-state index contributed by atoms with van der Waals surface area (Å²) < 4.78 is 11.3. The first-order valence-corrected chi connectivity index (χ1v) is 10.3. The summed E-state index contributed by atoms with van der Waals surface area (Å²) in [5.74, 6) is 0.932. The summed E-state index contributed by atoms with van der Waals surface area (Å²) in [6.45, 7) is 1.45. The van der Waals surface area contributed by atoms with Gasteiger partial charge in [0.25, 0.3) is 5.91 Å². The van der Waals surface area contributed by atoms with Crippen molar-refractivity contribution in [1.82, 2.24) is 4.98 Å². The Bertz CT molecular complexity index is 1260. The second kappa shape index (κ2) is 9.40. The number of hydrogen-bond acceptors (Lipinski definition) is 5. The molecule has 1 heterocycles. The van der Waals surface area contributed by atoms with Crippen LogP contribution in [-0.4, -0.2) is 31.0 Å². The predicted molar refractivity (Wildman–Crippen MR) is 127 cm³/mol. The normalized spacial score (nSPS) is 10.5. The average Bonchev–Trinajstić information content (AvgIpc) is 3.29. The molecule has 1 aromatic heterocycles. The number of oxazole rings is 1. The Morgan fingerprint density at radius 3 is 2.18 bits per heavy atom. The third kappa shape index (κ3) is 4.77. The number of ether oxygens (including phenoxy) is 1. The van der Waals surface area contributed by atoms with Crippen molar-refractivity contribution in [1.29, 1.82) is 0 Å². The standard InChI is InChI=1S/C26H23N3O4/c1-17(30)27-20-11-9-18(10-12-20)24-23(28-25(33-24)19-7-5-4-6-8-19)26(31)29(2)21-13-15-22(32-3)16-14-21/h4-16H,1-3H3,(H,27,30). The summed E-state index contributed by atoms with van der Waals surface area (Å²) in [6, 6.07) is 23.7. The minimum Gasteiger partial charge on any atom is -0.497 e. The van der Waals surface area contributed by atoms with Crippen LogP contribution in [0.1, 0.15) is 17.4 Å². The van der Waals surface area contributed by atoms with Crippen molar-refractivity contribution in [3.05, 3.63) is 84.6 Å². The lowest BCUT2D eigenvalue weighted by atomic mass is 10.1. The lowest BCUT2D eigenvalue weighted by molar-refractivity contribution is -0.114. The van der Waals surface area contributed by atoms with Gasteiger partial charge in [0.1, 0.15) is 5.75 Å². The zero-order valence-corrected chi connectivity index (χ0v) is 18.5. The van der Waals surface area contributed by atoms with Crippen LogP contribution in [0.3, 0.4) is 0 Å². The molecule has 0 unspecified atom stereocenters. The van der Waals surface area contributed by atoms with E-state index in [1.807, 2.05) is 30.3 Å².